The Morgan fingerprint density at radius 1 is 0.263 bits per heavy atom. The fourth-order valence-corrected chi connectivity index (χ4v) is 9.97. The van der Waals surface area contributed by atoms with Gasteiger partial charge in [0.05, 0.1) is 0 Å². The Morgan fingerprint density at radius 2 is 0.487 bits per heavy atom. The highest BCUT2D eigenvalue weighted by Gasteiger charge is 2.19. The second kappa shape index (κ2) is 68.1. The predicted octanol–water partition coefficient (Wildman–Crippen LogP) is 23.8. The molecule has 0 aliphatic carbocycles. The third-order valence-electron chi connectivity index (χ3n) is 15.1. The highest BCUT2D eigenvalue weighted by molar-refractivity contribution is 5.71. The molecule has 1 atom stereocenters. The maximum Gasteiger partial charge on any atom is 0.306 e. The number of carbonyl (C=O) groups excluding carboxylic acids is 3. The van der Waals surface area contributed by atoms with Crippen LogP contribution in [0.1, 0.15) is 348 Å². The molecule has 0 aliphatic rings. The van der Waals surface area contributed by atoms with Crippen molar-refractivity contribution >= 4 is 17.9 Å². The van der Waals surface area contributed by atoms with Crippen molar-refractivity contribution in [2.75, 3.05) is 13.2 Å². The number of hydrogen-bond donors (Lipinski definition) is 0. The standard InChI is InChI=1S/C74H130O6/c1-4-7-10-13-16-19-22-25-28-30-32-34-36-38-39-41-43-46-49-52-55-58-61-64-67-73(76)79-70-71(69-78-72(75)66-63-60-57-54-51-48-45-27-24-21-18-15-12-9-6-3)80-74(77)68-65-62-59-56-53-50-47-44-42-40-37-35-33-31-29-26-23-20-17-14-11-8-5-2/h9,12,18,21,23,26-27,31,33,37,40,45,51,54,71H,4-8,10-11,13-17,19-20,22,24-25,28-30,32,34-36,38-39,41-44,46-50,52-53,55-70H2,1-3H3/b12-9-,21-18-,26-23-,33-31-,40-37-,45-27-,54-51-. The summed E-state index contributed by atoms with van der Waals surface area (Å²) in [4.78, 5) is 38.4. The van der Waals surface area contributed by atoms with Crippen LogP contribution in [0, 0.1) is 0 Å². The molecular weight excluding hydrogens is 985 g/mol. The molecule has 0 bridgehead atoms. The molecule has 0 amide bonds. The van der Waals surface area contributed by atoms with Crippen molar-refractivity contribution in [1.82, 2.24) is 0 Å². The minimum absolute atomic E-state index is 0.0901. The molecule has 80 heavy (non-hydrogen) atoms. The van der Waals surface area contributed by atoms with E-state index in [0.29, 0.717) is 19.3 Å². The first kappa shape index (κ1) is 76.6. The lowest BCUT2D eigenvalue weighted by Crippen LogP contribution is -2.30. The summed E-state index contributed by atoms with van der Waals surface area (Å²) >= 11 is 0. The third kappa shape index (κ3) is 65.4. The average molecular weight is 1120 g/mol. The zero-order valence-electron chi connectivity index (χ0n) is 53.1. The van der Waals surface area contributed by atoms with Gasteiger partial charge in [0, 0.05) is 19.3 Å². The number of unbranched alkanes of at least 4 members (excludes halogenated alkanes) is 38. The molecule has 0 saturated carbocycles. The van der Waals surface area contributed by atoms with Crippen LogP contribution in [-0.4, -0.2) is 37.2 Å². The Morgan fingerprint density at radius 3 is 0.787 bits per heavy atom. The van der Waals surface area contributed by atoms with E-state index in [1.54, 1.807) is 0 Å². The zero-order valence-corrected chi connectivity index (χ0v) is 53.1. The quantitative estimate of drug-likeness (QED) is 0.0261. The normalized spacial score (nSPS) is 12.6. The molecule has 0 aromatic rings. The first-order valence-corrected chi connectivity index (χ1v) is 34.6. The number of carbonyl (C=O) groups is 3. The molecule has 6 nitrogen and oxygen atoms in total. The molecule has 0 aromatic heterocycles. The summed E-state index contributed by atoms with van der Waals surface area (Å²) < 4.78 is 16.9. The lowest BCUT2D eigenvalue weighted by atomic mass is 10.0. The minimum Gasteiger partial charge on any atom is -0.462 e. The fourth-order valence-electron chi connectivity index (χ4n) is 9.97. The zero-order chi connectivity index (χ0) is 57.8. The molecule has 0 rings (SSSR count). The topological polar surface area (TPSA) is 78.9 Å². The maximum atomic E-state index is 12.9. The number of ether oxygens (including phenoxy) is 3. The molecule has 1 unspecified atom stereocenters. The van der Waals surface area contributed by atoms with Crippen molar-refractivity contribution in [3.63, 3.8) is 0 Å². The number of esters is 3. The molecule has 0 aliphatic heterocycles. The van der Waals surface area contributed by atoms with Gasteiger partial charge in [-0.05, 0) is 96.3 Å². The van der Waals surface area contributed by atoms with Gasteiger partial charge in [-0.25, -0.2) is 0 Å². The number of rotatable bonds is 63. The van der Waals surface area contributed by atoms with Crippen LogP contribution in [-0.2, 0) is 28.6 Å². The maximum absolute atomic E-state index is 12.9. The Kier molecular flexibility index (Phi) is 65.2. The van der Waals surface area contributed by atoms with Crippen LogP contribution in [0.25, 0.3) is 0 Å². The van der Waals surface area contributed by atoms with Gasteiger partial charge in [0.15, 0.2) is 6.10 Å². The van der Waals surface area contributed by atoms with E-state index in [1.165, 1.54) is 205 Å². The van der Waals surface area contributed by atoms with Crippen molar-refractivity contribution in [2.45, 2.75) is 354 Å². The van der Waals surface area contributed by atoms with Gasteiger partial charge < -0.3 is 14.2 Å². The summed E-state index contributed by atoms with van der Waals surface area (Å²) in [5.41, 5.74) is 0. The lowest BCUT2D eigenvalue weighted by molar-refractivity contribution is -0.167. The highest BCUT2D eigenvalue weighted by atomic mass is 16.6. The molecule has 0 aromatic carbocycles. The largest absolute Gasteiger partial charge is 0.462 e. The van der Waals surface area contributed by atoms with E-state index in [0.717, 1.165) is 103 Å². The SMILES string of the molecule is CC/C=C\C/C=C\C/C=C\C/C=C\CCCCC(=O)OCC(COC(=O)CCCCCCCCCCCCCCCCCCCCCCCCCC)OC(=O)CCCCCCCCCC/C=C\C/C=C\C/C=C\CCCCCCC. The number of allylic oxidation sites excluding steroid dienone is 14. The first-order chi connectivity index (χ1) is 39.5. The lowest BCUT2D eigenvalue weighted by Gasteiger charge is -2.18. The summed E-state index contributed by atoms with van der Waals surface area (Å²) in [5.74, 6) is -0.924. The van der Waals surface area contributed by atoms with Crippen LogP contribution < -0.4 is 0 Å². The van der Waals surface area contributed by atoms with E-state index >= 15 is 0 Å². The molecule has 0 N–H and O–H groups in total. The van der Waals surface area contributed by atoms with Gasteiger partial charge in [-0.3, -0.25) is 14.4 Å². The Hall–Kier alpha value is -3.41. The van der Waals surface area contributed by atoms with Gasteiger partial charge in [-0.2, -0.15) is 0 Å². The van der Waals surface area contributed by atoms with Crippen molar-refractivity contribution in [3.8, 4) is 0 Å². The van der Waals surface area contributed by atoms with Crippen molar-refractivity contribution < 1.29 is 28.6 Å². The highest BCUT2D eigenvalue weighted by Crippen LogP contribution is 2.18. The van der Waals surface area contributed by atoms with E-state index in [9.17, 15) is 14.4 Å². The van der Waals surface area contributed by atoms with Gasteiger partial charge in [0.25, 0.3) is 0 Å². The molecule has 0 fully saturated rings. The average Bonchev–Trinajstić information content (AvgIpc) is 3.46. The van der Waals surface area contributed by atoms with E-state index in [4.69, 9.17) is 14.2 Å². The summed E-state index contributed by atoms with van der Waals surface area (Å²) in [6, 6.07) is 0. The molecule has 0 spiro atoms. The van der Waals surface area contributed by atoms with Crippen LogP contribution in [0.15, 0.2) is 85.1 Å². The Balaban J connectivity index is 4.35. The molecule has 462 valence electrons. The first-order valence-electron chi connectivity index (χ1n) is 34.6. The van der Waals surface area contributed by atoms with E-state index in [-0.39, 0.29) is 31.1 Å². The van der Waals surface area contributed by atoms with Crippen LogP contribution >= 0.6 is 0 Å². The van der Waals surface area contributed by atoms with Gasteiger partial charge in [-0.1, -0.05) is 318 Å². The van der Waals surface area contributed by atoms with Gasteiger partial charge in [-0.15, -0.1) is 0 Å². The second-order valence-corrected chi connectivity index (χ2v) is 23.1. The van der Waals surface area contributed by atoms with Gasteiger partial charge in [0.2, 0.25) is 0 Å². The van der Waals surface area contributed by atoms with Crippen LogP contribution in [0.2, 0.25) is 0 Å². The van der Waals surface area contributed by atoms with Gasteiger partial charge >= 0.3 is 17.9 Å². The van der Waals surface area contributed by atoms with Crippen molar-refractivity contribution in [1.29, 1.82) is 0 Å². The molecule has 0 heterocycles. The minimum atomic E-state index is -0.799. The molecule has 0 radical (unpaired) electrons. The molecular formula is C74H130O6. The fraction of sp³-hybridized carbons (Fsp3) is 0.770. The summed E-state index contributed by atoms with van der Waals surface area (Å²) in [6.07, 6.45) is 90.4. The summed E-state index contributed by atoms with van der Waals surface area (Å²) in [7, 11) is 0. The third-order valence-corrected chi connectivity index (χ3v) is 15.1. The van der Waals surface area contributed by atoms with E-state index < -0.39 is 6.10 Å². The van der Waals surface area contributed by atoms with E-state index in [2.05, 4.69) is 106 Å². The number of hydrogen-bond acceptors (Lipinski definition) is 6. The van der Waals surface area contributed by atoms with E-state index in [1.807, 2.05) is 0 Å². The monoisotopic (exact) mass is 1110 g/mol. The summed E-state index contributed by atoms with van der Waals surface area (Å²) in [5, 5.41) is 0. The van der Waals surface area contributed by atoms with Crippen LogP contribution in [0.3, 0.4) is 0 Å². The van der Waals surface area contributed by atoms with Crippen molar-refractivity contribution in [2.24, 2.45) is 0 Å². The van der Waals surface area contributed by atoms with Crippen LogP contribution in [0.4, 0.5) is 0 Å². The second-order valence-electron chi connectivity index (χ2n) is 23.1. The Bertz CT molecular complexity index is 1520. The van der Waals surface area contributed by atoms with Crippen molar-refractivity contribution in [3.05, 3.63) is 85.1 Å². The Labute approximate surface area is 496 Å². The summed E-state index contributed by atoms with van der Waals surface area (Å²) in [6.45, 7) is 6.52. The van der Waals surface area contributed by atoms with Crippen LogP contribution in [0.5, 0.6) is 0 Å². The predicted molar refractivity (Wildman–Crippen MR) is 348 cm³/mol. The van der Waals surface area contributed by atoms with Gasteiger partial charge in [0.1, 0.15) is 13.2 Å². The molecule has 0 saturated heterocycles. The smallest absolute Gasteiger partial charge is 0.306 e. The molecule has 6 heteroatoms.